The summed E-state index contributed by atoms with van der Waals surface area (Å²) in [5.41, 5.74) is 2.25. The quantitative estimate of drug-likeness (QED) is 0.566. The van der Waals surface area contributed by atoms with Crippen LogP contribution in [0, 0.1) is 0 Å². The Morgan fingerprint density at radius 2 is 1.86 bits per heavy atom. The lowest BCUT2D eigenvalue weighted by Gasteiger charge is -2.36. The highest BCUT2D eigenvalue weighted by Crippen LogP contribution is 2.15. The number of hydrogen-bond acceptors (Lipinski definition) is 4. The number of rotatable bonds is 8. The molecule has 0 aromatic heterocycles. The van der Waals surface area contributed by atoms with E-state index in [1.54, 1.807) is 19.3 Å². The molecule has 2 aromatic rings. The Morgan fingerprint density at radius 3 is 2.61 bits per heavy atom. The van der Waals surface area contributed by atoms with Crippen LogP contribution < -0.4 is 15.0 Å². The number of amides is 1. The molecule has 0 spiro atoms. The van der Waals surface area contributed by atoms with Gasteiger partial charge in [-0.25, -0.2) is 0 Å². The van der Waals surface area contributed by atoms with E-state index in [1.807, 2.05) is 24.3 Å². The van der Waals surface area contributed by atoms with E-state index >= 15 is 0 Å². The Hall–Kier alpha value is -2.79. The van der Waals surface area contributed by atoms with Gasteiger partial charge in [-0.3, -0.25) is 9.69 Å². The van der Waals surface area contributed by atoms with Gasteiger partial charge < -0.3 is 15.0 Å². The number of piperazine rings is 1. The third-order valence-electron chi connectivity index (χ3n) is 4.96. The van der Waals surface area contributed by atoms with Crippen molar-refractivity contribution in [1.29, 1.82) is 0 Å². The van der Waals surface area contributed by atoms with Gasteiger partial charge in [0.15, 0.2) is 0 Å². The largest absolute Gasteiger partial charge is 0.497 e. The van der Waals surface area contributed by atoms with Crippen LogP contribution in [0.5, 0.6) is 5.75 Å². The molecule has 1 saturated heterocycles. The molecule has 1 amide bonds. The Balaban J connectivity index is 1.31. The van der Waals surface area contributed by atoms with Gasteiger partial charge in [0.1, 0.15) is 5.75 Å². The molecule has 148 valence electrons. The minimum Gasteiger partial charge on any atom is -0.497 e. The number of anilines is 1. The molecule has 0 bridgehead atoms. The van der Waals surface area contributed by atoms with Crippen LogP contribution in [0.15, 0.2) is 60.7 Å². The number of benzene rings is 2. The lowest BCUT2D eigenvalue weighted by molar-refractivity contribution is -0.116. The van der Waals surface area contributed by atoms with Crippen LogP contribution in [-0.2, 0) is 4.79 Å². The first-order valence-electron chi connectivity index (χ1n) is 9.87. The van der Waals surface area contributed by atoms with Crippen LogP contribution in [0.25, 0.3) is 6.08 Å². The molecule has 0 aliphatic carbocycles. The summed E-state index contributed by atoms with van der Waals surface area (Å²) in [7, 11) is 1.64. The van der Waals surface area contributed by atoms with Gasteiger partial charge >= 0.3 is 0 Å². The predicted molar refractivity (Wildman–Crippen MR) is 115 cm³/mol. The van der Waals surface area contributed by atoms with Gasteiger partial charge in [0.05, 0.1) is 7.11 Å². The van der Waals surface area contributed by atoms with Crippen molar-refractivity contribution in [3.05, 3.63) is 66.2 Å². The molecule has 1 heterocycles. The molecular weight excluding hydrogens is 350 g/mol. The first kappa shape index (κ1) is 20.0. The molecule has 3 rings (SSSR count). The van der Waals surface area contributed by atoms with Crippen molar-refractivity contribution >= 4 is 17.7 Å². The van der Waals surface area contributed by atoms with Crippen molar-refractivity contribution in [3.8, 4) is 5.75 Å². The lowest BCUT2D eigenvalue weighted by atomic mass is 10.2. The van der Waals surface area contributed by atoms with Crippen molar-refractivity contribution in [2.45, 2.75) is 6.42 Å². The lowest BCUT2D eigenvalue weighted by Crippen LogP contribution is -2.47. The molecule has 5 heteroatoms. The normalized spacial score (nSPS) is 15.0. The molecule has 5 nitrogen and oxygen atoms in total. The van der Waals surface area contributed by atoms with Crippen molar-refractivity contribution in [1.82, 2.24) is 10.2 Å². The topological polar surface area (TPSA) is 44.8 Å². The van der Waals surface area contributed by atoms with Crippen LogP contribution in [0.2, 0.25) is 0 Å². The van der Waals surface area contributed by atoms with Gasteiger partial charge in [-0.05, 0) is 48.9 Å². The number of nitrogens with one attached hydrogen (secondary N) is 1. The van der Waals surface area contributed by atoms with Crippen LogP contribution in [0.3, 0.4) is 0 Å². The number of nitrogens with zero attached hydrogens (tertiary/aromatic N) is 2. The maximum Gasteiger partial charge on any atom is 0.243 e. The number of para-hydroxylation sites is 1. The Morgan fingerprint density at radius 1 is 1.07 bits per heavy atom. The highest BCUT2D eigenvalue weighted by Gasteiger charge is 2.16. The smallest absolute Gasteiger partial charge is 0.243 e. The Kier molecular flexibility index (Phi) is 7.50. The molecule has 0 saturated carbocycles. The molecule has 0 unspecified atom stereocenters. The summed E-state index contributed by atoms with van der Waals surface area (Å²) in [5.74, 6) is 0.728. The van der Waals surface area contributed by atoms with E-state index < -0.39 is 0 Å². The zero-order valence-electron chi connectivity index (χ0n) is 16.5. The second kappa shape index (κ2) is 10.5. The summed E-state index contributed by atoms with van der Waals surface area (Å²) >= 11 is 0. The van der Waals surface area contributed by atoms with Crippen LogP contribution in [0.1, 0.15) is 12.0 Å². The van der Waals surface area contributed by atoms with E-state index in [9.17, 15) is 4.79 Å². The van der Waals surface area contributed by atoms with Crippen LogP contribution in [-0.4, -0.2) is 57.2 Å². The number of carbonyl (C=O) groups is 1. The van der Waals surface area contributed by atoms with Crippen molar-refractivity contribution < 1.29 is 9.53 Å². The van der Waals surface area contributed by atoms with Crippen molar-refractivity contribution in [2.24, 2.45) is 0 Å². The van der Waals surface area contributed by atoms with E-state index in [0.717, 1.165) is 50.5 Å². The molecule has 0 atom stereocenters. The minimum absolute atomic E-state index is 0.0586. The van der Waals surface area contributed by atoms with E-state index in [2.05, 4.69) is 45.4 Å². The van der Waals surface area contributed by atoms with Gasteiger partial charge in [0.2, 0.25) is 5.91 Å². The molecule has 0 radical (unpaired) electrons. The third-order valence-corrected chi connectivity index (χ3v) is 4.96. The molecule has 1 fully saturated rings. The van der Waals surface area contributed by atoms with Gasteiger partial charge in [-0.15, -0.1) is 0 Å². The summed E-state index contributed by atoms with van der Waals surface area (Å²) < 4.78 is 5.19. The summed E-state index contributed by atoms with van der Waals surface area (Å²) in [6.07, 6.45) is 4.35. The maximum absolute atomic E-state index is 12.0. The summed E-state index contributed by atoms with van der Waals surface area (Å²) in [6.45, 7) is 5.96. The van der Waals surface area contributed by atoms with Gasteiger partial charge in [-0.2, -0.15) is 0 Å². The van der Waals surface area contributed by atoms with E-state index in [1.165, 1.54) is 5.69 Å². The minimum atomic E-state index is -0.0586. The highest BCUT2D eigenvalue weighted by molar-refractivity contribution is 5.91. The highest BCUT2D eigenvalue weighted by atomic mass is 16.5. The summed E-state index contributed by atoms with van der Waals surface area (Å²) in [6, 6.07) is 18.2. The predicted octanol–water partition coefficient (Wildman–Crippen LogP) is 3.04. The zero-order chi connectivity index (χ0) is 19.6. The summed E-state index contributed by atoms with van der Waals surface area (Å²) in [4.78, 5) is 16.9. The summed E-state index contributed by atoms with van der Waals surface area (Å²) in [5, 5.41) is 2.96. The Bertz CT molecular complexity index is 768. The Labute approximate surface area is 167 Å². The monoisotopic (exact) mass is 379 g/mol. The van der Waals surface area contributed by atoms with Gasteiger partial charge in [0, 0.05) is 44.5 Å². The average Bonchev–Trinajstić information content (AvgIpc) is 2.76. The number of carbonyl (C=O) groups excluding carboxylic acids is 1. The number of methoxy groups -OCH3 is 1. The second-order valence-corrected chi connectivity index (χ2v) is 6.92. The second-order valence-electron chi connectivity index (χ2n) is 6.92. The fraction of sp³-hybridized carbons (Fsp3) is 0.348. The van der Waals surface area contributed by atoms with Crippen molar-refractivity contribution in [3.63, 3.8) is 0 Å². The number of ether oxygens (including phenoxy) is 1. The van der Waals surface area contributed by atoms with Crippen LogP contribution in [0.4, 0.5) is 5.69 Å². The van der Waals surface area contributed by atoms with Gasteiger partial charge in [0.25, 0.3) is 0 Å². The van der Waals surface area contributed by atoms with Crippen LogP contribution >= 0.6 is 0 Å². The maximum atomic E-state index is 12.0. The average molecular weight is 380 g/mol. The van der Waals surface area contributed by atoms with E-state index in [0.29, 0.717) is 6.54 Å². The van der Waals surface area contributed by atoms with E-state index in [4.69, 9.17) is 4.74 Å². The molecular formula is C23H29N3O2. The SMILES string of the molecule is COc1cccc(/C=C/C(=O)NCCCN2CCN(c3ccccc3)CC2)c1. The standard InChI is InChI=1S/C23H29N3O2/c1-28-22-10-5-7-20(19-22)11-12-23(27)24-13-6-14-25-15-17-26(18-16-25)21-8-3-2-4-9-21/h2-5,7-12,19H,6,13-18H2,1H3,(H,24,27)/b12-11+. The first-order chi connectivity index (χ1) is 13.7. The molecule has 28 heavy (non-hydrogen) atoms. The van der Waals surface area contributed by atoms with E-state index in [-0.39, 0.29) is 5.91 Å². The molecule has 2 aromatic carbocycles. The molecule has 1 aliphatic heterocycles. The third kappa shape index (κ3) is 6.13. The fourth-order valence-corrected chi connectivity index (χ4v) is 3.36. The molecule has 1 aliphatic rings. The van der Waals surface area contributed by atoms with Crippen molar-refractivity contribution in [2.75, 3.05) is 51.3 Å². The fourth-order valence-electron chi connectivity index (χ4n) is 3.36. The molecule has 1 N–H and O–H groups in total. The zero-order valence-corrected chi connectivity index (χ0v) is 16.5. The van der Waals surface area contributed by atoms with Gasteiger partial charge in [-0.1, -0.05) is 30.3 Å². The number of hydrogen-bond donors (Lipinski definition) is 1. The first-order valence-corrected chi connectivity index (χ1v) is 9.87.